The number of amidine groups is 1. The molecule has 0 aliphatic carbocycles. The summed E-state index contributed by atoms with van der Waals surface area (Å²) < 4.78 is 30.7. The molecular weight excluding hydrogens is 598 g/mol. The van der Waals surface area contributed by atoms with Crippen molar-refractivity contribution >= 4 is 29.3 Å². The summed E-state index contributed by atoms with van der Waals surface area (Å²) in [5.74, 6) is -8.42. The molecule has 0 aromatic carbocycles. The first-order valence-corrected chi connectivity index (χ1v) is 16.4. The Bertz CT molecular complexity index is 1180. The SMILES string of the molecule is CC[C@@H]1OC(=O)C(C)C(=O)[C@H](C)[C@@H](OC2CC(N(C)C)CC(C)O2)[C@](C)(OC)C[C@@H](C)C(=O)[C@H](C)[C@H]2C(/C(N)=N/O)C(=O)OC12C. The van der Waals surface area contributed by atoms with Crippen LogP contribution in [0.4, 0.5) is 0 Å². The summed E-state index contributed by atoms with van der Waals surface area (Å²) in [6.07, 6.45) is -0.960. The summed E-state index contributed by atoms with van der Waals surface area (Å²) >= 11 is 0. The van der Waals surface area contributed by atoms with Gasteiger partial charge in [-0.15, -0.1) is 0 Å². The van der Waals surface area contributed by atoms with E-state index in [1.54, 1.807) is 41.5 Å². The standard InChI is InChI=1S/C33H55N3O10/c1-12-22-33(8)25(24(29(34)35-41)31(40)46-33)18(4)26(37)16(2)15-32(7,42-11)28(19(5)27(38)20(6)30(39)44-22)45-23-14-21(36(9)10)13-17(3)43-23/h16-25,28,41H,12-15H2,1-11H3,(H2,34,35)/t16-,17?,18-,19+,20?,21?,22+,23?,24?,25+,28-,32-,33?/m1/s1. The van der Waals surface area contributed by atoms with Crippen molar-refractivity contribution in [3.05, 3.63) is 0 Å². The Labute approximate surface area is 272 Å². The molecule has 3 aliphatic rings. The highest BCUT2D eigenvalue weighted by atomic mass is 16.7. The summed E-state index contributed by atoms with van der Waals surface area (Å²) in [6.45, 7) is 13.7. The highest BCUT2D eigenvalue weighted by Crippen LogP contribution is 2.48. The van der Waals surface area contributed by atoms with Crippen LogP contribution >= 0.6 is 0 Å². The maximum atomic E-state index is 14.3. The highest BCUT2D eigenvalue weighted by Gasteiger charge is 2.62. The zero-order valence-corrected chi connectivity index (χ0v) is 29.3. The van der Waals surface area contributed by atoms with Crippen LogP contribution in [0.25, 0.3) is 0 Å². The van der Waals surface area contributed by atoms with Crippen molar-refractivity contribution in [2.45, 2.75) is 123 Å². The zero-order valence-electron chi connectivity index (χ0n) is 29.3. The van der Waals surface area contributed by atoms with E-state index in [4.69, 9.17) is 29.4 Å². The van der Waals surface area contributed by atoms with E-state index < -0.39 is 88.8 Å². The topological polar surface area (TPSA) is 176 Å². The van der Waals surface area contributed by atoms with Crippen molar-refractivity contribution in [1.82, 2.24) is 4.90 Å². The van der Waals surface area contributed by atoms with Gasteiger partial charge in [-0.2, -0.15) is 0 Å². The van der Waals surface area contributed by atoms with Gasteiger partial charge in [-0.3, -0.25) is 19.2 Å². The number of fused-ring (bicyclic) bond motifs is 1. The van der Waals surface area contributed by atoms with E-state index in [-0.39, 0.29) is 30.8 Å². The molecule has 0 aromatic heterocycles. The third-order valence-corrected chi connectivity index (χ3v) is 10.7. The number of nitrogens with two attached hydrogens (primary N) is 1. The monoisotopic (exact) mass is 653 g/mol. The maximum absolute atomic E-state index is 14.3. The minimum atomic E-state index is -1.51. The van der Waals surface area contributed by atoms with Crippen LogP contribution in [0.5, 0.6) is 0 Å². The number of hydrogen-bond acceptors (Lipinski definition) is 12. The molecule has 0 aromatic rings. The van der Waals surface area contributed by atoms with Crippen LogP contribution < -0.4 is 5.73 Å². The van der Waals surface area contributed by atoms with Crippen LogP contribution in [0.1, 0.15) is 81.1 Å². The lowest BCUT2D eigenvalue weighted by molar-refractivity contribution is -0.262. The summed E-state index contributed by atoms with van der Waals surface area (Å²) in [7, 11) is 5.50. The molecular formula is C33H55N3O10. The van der Waals surface area contributed by atoms with E-state index >= 15 is 0 Å². The predicted octanol–water partition coefficient (Wildman–Crippen LogP) is 2.93. The number of methoxy groups -OCH3 is 1. The number of esters is 2. The normalized spacial score (nSPS) is 43.6. The number of ketones is 2. The Kier molecular flexibility index (Phi) is 12.1. The molecule has 0 saturated carbocycles. The van der Waals surface area contributed by atoms with Gasteiger partial charge in [0.15, 0.2) is 23.5 Å². The Balaban J connectivity index is 2.14. The Morgan fingerprint density at radius 3 is 2.20 bits per heavy atom. The van der Waals surface area contributed by atoms with E-state index in [9.17, 15) is 24.4 Å². The van der Waals surface area contributed by atoms with Crippen LogP contribution in [0.2, 0.25) is 0 Å². The van der Waals surface area contributed by atoms with Crippen molar-refractivity contribution in [1.29, 1.82) is 0 Å². The molecule has 13 atom stereocenters. The summed E-state index contributed by atoms with van der Waals surface area (Å²) in [6, 6.07) is 0.182. The van der Waals surface area contributed by atoms with Gasteiger partial charge in [0.05, 0.1) is 17.8 Å². The molecule has 6 unspecified atom stereocenters. The second-order valence-corrected chi connectivity index (χ2v) is 14.2. The number of carbonyl (C=O) groups excluding carboxylic acids is 4. The minimum Gasteiger partial charge on any atom is -0.458 e. The van der Waals surface area contributed by atoms with Gasteiger partial charge in [-0.1, -0.05) is 32.9 Å². The number of carbonyl (C=O) groups is 4. The Morgan fingerprint density at radius 1 is 1.02 bits per heavy atom. The van der Waals surface area contributed by atoms with Gasteiger partial charge in [0.2, 0.25) is 0 Å². The van der Waals surface area contributed by atoms with E-state index in [0.717, 1.165) is 6.42 Å². The molecule has 3 rings (SSSR count). The molecule has 13 heteroatoms. The van der Waals surface area contributed by atoms with Gasteiger partial charge in [0.1, 0.15) is 23.7 Å². The fourth-order valence-electron chi connectivity index (χ4n) is 7.95. The quantitative estimate of drug-likeness (QED) is 0.107. The summed E-state index contributed by atoms with van der Waals surface area (Å²) in [4.78, 5) is 57.3. The molecule has 13 nitrogen and oxygen atoms in total. The molecule has 0 amide bonds. The van der Waals surface area contributed by atoms with Gasteiger partial charge in [-0.05, 0) is 61.1 Å². The van der Waals surface area contributed by atoms with E-state index in [2.05, 4.69) is 10.1 Å². The van der Waals surface area contributed by atoms with Gasteiger partial charge in [0.25, 0.3) is 0 Å². The largest absolute Gasteiger partial charge is 0.458 e. The zero-order chi connectivity index (χ0) is 34.9. The van der Waals surface area contributed by atoms with Crippen molar-refractivity contribution < 1.29 is 48.1 Å². The molecule has 0 spiro atoms. The van der Waals surface area contributed by atoms with Crippen LogP contribution in [0, 0.1) is 35.5 Å². The fourth-order valence-corrected chi connectivity index (χ4v) is 7.95. The van der Waals surface area contributed by atoms with Crippen LogP contribution in [-0.2, 0) is 42.9 Å². The molecule has 0 bridgehead atoms. The van der Waals surface area contributed by atoms with Crippen molar-refractivity contribution in [3.63, 3.8) is 0 Å². The molecule has 3 N–H and O–H groups in total. The number of cyclic esters (lactones) is 1. The second-order valence-electron chi connectivity index (χ2n) is 14.2. The Morgan fingerprint density at radius 2 is 1.65 bits per heavy atom. The third-order valence-electron chi connectivity index (χ3n) is 10.7. The maximum Gasteiger partial charge on any atom is 0.317 e. The first-order valence-electron chi connectivity index (χ1n) is 16.4. The Hall–Kier alpha value is -2.61. The summed E-state index contributed by atoms with van der Waals surface area (Å²) in [5, 5.41) is 12.6. The lowest BCUT2D eigenvalue weighted by Crippen LogP contribution is -2.56. The molecule has 0 radical (unpaired) electrons. The molecule has 46 heavy (non-hydrogen) atoms. The van der Waals surface area contributed by atoms with Gasteiger partial charge >= 0.3 is 11.9 Å². The van der Waals surface area contributed by atoms with Gasteiger partial charge in [-0.25, -0.2) is 0 Å². The average Bonchev–Trinajstić information content (AvgIpc) is 3.29. The first-order chi connectivity index (χ1) is 21.4. The van der Waals surface area contributed by atoms with Gasteiger partial charge < -0.3 is 39.5 Å². The van der Waals surface area contributed by atoms with Crippen LogP contribution in [-0.4, -0.2) is 102 Å². The van der Waals surface area contributed by atoms with E-state index in [1.165, 1.54) is 14.0 Å². The van der Waals surface area contributed by atoms with E-state index in [0.29, 0.717) is 6.42 Å². The average molecular weight is 654 g/mol. The lowest BCUT2D eigenvalue weighted by atomic mass is 9.67. The van der Waals surface area contributed by atoms with Crippen molar-refractivity contribution in [2.75, 3.05) is 21.2 Å². The minimum absolute atomic E-state index is 0.0980. The predicted molar refractivity (Wildman–Crippen MR) is 168 cm³/mol. The molecule has 262 valence electrons. The molecule has 3 aliphatic heterocycles. The lowest BCUT2D eigenvalue weighted by Gasteiger charge is -2.45. The highest BCUT2D eigenvalue weighted by molar-refractivity contribution is 6.03. The molecule has 3 heterocycles. The number of hydrogen-bond donors (Lipinski definition) is 2. The fraction of sp³-hybridized carbons (Fsp3) is 0.848. The molecule has 3 saturated heterocycles. The van der Waals surface area contributed by atoms with Crippen molar-refractivity contribution in [3.8, 4) is 0 Å². The van der Waals surface area contributed by atoms with Gasteiger partial charge in [0, 0.05) is 43.2 Å². The van der Waals surface area contributed by atoms with Crippen LogP contribution in [0.3, 0.4) is 0 Å². The number of ether oxygens (including phenoxy) is 5. The third kappa shape index (κ3) is 7.27. The number of Topliss-reactive ketones (excluding diaryl/α,β-unsaturated/α-hetero) is 2. The number of rotatable bonds is 6. The van der Waals surface area contributed by atoms with Crippen molar-refractivity contribution in [2.24, 2.45) is 46.4 Å². The van der Waals surface area contributed by atoms with E-state index in [1.807, 2.05) is 21.0 Å². The van der Waals surface area contributed by atoms with Crippen LogP contribution in [0.15, 0.2) is 5.16 Å². The first kappa shape index (κ1) is 37.8. The number of nitrogens with zero attached hydrogens (tertiary/aromatic N) is 2. The second kappa shape index (κ2) is 14.7. The molecule has 3 fully saturated rings. The summed E-state index contributed by atoms with van der Waals surface area (Å²) in [5.41, 5.74) is 3.31. The number of oxime groups is 1. The smallest absolute Gasteiger partial charge is 0.317 e.